The summed E-state index contributed by atoms with van der Waals surface area (Å²) in [4.78, 5) is 4.54. The van der Waals surface area contributed by atoms with Crippen LogP contribution in [-0.4, -0.2) is 0 Å². The van der Waals surface area contributed by atoms with Gasteiger partial charge in [0.2, 0.25) is 12.4 Å². The van der Waals surface area contributed by atoms with Crippen LogP contribution in [0.15, 0.2) is 24.5 Å². The third kappa shape index (κ3) is 1.46. The van der Waals surface area contributed by atoms with E-state index in [2.05, 4.69) is 4.84 Å². The van der Waals surface area contributed by atoms with Crippen LogP contribution in [0, 0.1) is 18.3 Å². The lowest BCUT2D eigenvalue weighted by Crippen LogP contribution is -2.38. The molecule has 10 heavy (non-hydrogen) atoms. The second-order valence-corrected chi connectivity index (χ2v) is 1.59. The molecule has 0 radical (unpaired) electrons. The van der Waals surface area contributed by atoms with Crippen molar-refractivity contribution in [2.75, 3.05) is 0 Å². The molecule has 2 nitrogen and oxygen atoms in total. The van der Waals surface area contributed by atoms with E-state index in [0.29, 0.717) is 0 Å². The molecule has 0 aromatic carbocycles. The highest BCUT2D eigenvalue weighted by atomic mass is 19.1. The van der Waals surface area contributed by atoms with Gasteiger partial charge in [0, 0.05) is 16.9 Å². The van der Waals surface area contributed by atoms with Gasteiger partial charge < -0.3 is 0 Å². The lowest BCUT2D eigenvalue weighted by molar-refractivity contribution is -0.872. The average Bonchev–Trinajstić information content (AvgIpc) is 1.95. The Hall–Kier alpha value is -1.56. The number of nitrogens with zero attached hydrogens (tertiary/aromatic N) is 1. The van der Waals surface area contributed by atoms with Gasteiger partial charge in [0.25, 0.3) is 0 Å². The van der Waals surface area contributed by atoms with E-state index < -0.39 is 0 Å². The summed E-state index contributed by atoms with van der Waals surface area (Å²) in [5.41, 5.74) is 0. The van der Waals surface area contributed by atoms with E-state index >= 15 is 0 Å². The van der Waals surface area contributed by atoms with Gasteiger partial charge in [-0.15, -0.1) is 0 Å². The Morgan fingerprint density at radius 1 is 1.50 bits per heavy atom. The number of aromatic nitrogens is 1. The van der Waals surface area contributed by atoms with Crippen molar-refractivity contribution >= 4 is 0 Å². The number of terminal acetylenes is 1. The predicted octanol–water partition coefficient (Wildman–Crippen LogP) is 0.132. The van der Waals surface area contributed by atoms with Crippen molar-refractivity contribution < 1.29 is 14.0 Å². The number of halogens is 1. The summed E-state index contributed by atoms with van der Waals surface area (Å²) in [6.45, 7) is 0. The molecule has 0 bridgehead atoms. The molecule has 1 rings (SSSR count). The topological polar surface area (TPSA) is 13.1 Å². The molecule has 3 heteroatoms. The molecule has 0 aliphatic heterocycles. The van der Waals surface area contributed by atoms with Crippen molar-refractivity contribution in [2.24, 2.45) is 0 Å². The maximum atomic E-state index is 12.2. The molecule has 0 aliphatic rings. The highest BCUT2D eigenvalue weighted by molar-refractivity contribution is 4.88. The van der Waals surface area contributed by atoms with Crippen LogP contribution in [0.4, 0.5) is 4.39 Å². The second kappa shape index (κ2) is 2.83. The molecule has 0 atom stereocenters. The summed E-state index contributed by atoms with van der Waals surface area (Å²) >= 11 is 0. The zero-order valence-electron chi connectivity index (χ0n) is 5.12. The van der Waals surface area contributed by atoms with Crippen molar-refractivity contribution in [1.82, 2.24) is 0 Å². The Morgan fingerprint density at radius 3 is 2.60 bits per heavy atom. The molecular weight excluding hydrogens is 133 g/mol. The van der Waals surface area contributed by atoms with Crippen molar-refractivity contribution in [2.45, 2.75) is 0 Å². The minimum atomic E-state index is -0.322. The third-order valence-corrected chi connectivity index (χ3v) is 0.919. The Labute approximate surface area is 57.8 Å². The molecule has 0 saturated heterocycles. The Morgan fingerprint density at radius 2 is 2.10 bits per heavy atom. The van der Waals surface area contributed by atoms with Crippen LogP contribution in [0.1, 0.15) is 0 Å². The molecule has 0 fully saturated rings. The van der Waals surface area contributed by atoms with E-state index in [9.17, 15) is 4.39 Å². The van der Waals surface area contributed by atoms with E-state index in [4.69, 9.17) is 6.42 Å². The first-order valence-electron chi connectivity index (χ1n) is 2.62. The quantitative estimate of drug-likeness (QED) is 0.397. The van der Waals surface area contributed by atoms with E-state index in [0.717, 1.165) is 0 Å². The fourth-order valence-electron chi connectivity index (χ4n) is 0.516. The van der Waals surface area contributed by atoms with Crippen molar-refractivity contribution in [3.05, 3.63) is 30.3 Å². The molecule has 0 aliphatic carbocycles. The van der Waals surface area contributed by atoms with Gasteiger partial charge in [-0.05, 0) is 0 Å². The van der Waals surface area contributed by atoms with Gasteiger partial charge >= 0.3 is 0 Å². The molecule has 0 unspecified atom stereocenters. The van der Waals surface area contributed by atoms with Gasteiger partial charge in [-0.3, -0.25) is 0 Å². The van der Waals surface area contributed by atoms with Crippen LogP contribution in [0.3, 0.4) is 0 Å². The number of hydrogen-bond donors (Lipinski definition) is 0. The van der Waals surface area contributed by atoms with Gasteiger partial charge in [0.15, 0.2) is 6.11 Å². The molecule has 1 aromatic rings. The van der Waals surface area contributed by atoms with Gasteiger partial charge in [-0.1, -0.05) is 6.42 Å². The predicted molar refractivity (Wildman–Crippen MR) is 32.0 cm³/mol. The van der Waals surface area contributed by atoms with Crippen LogP contribution in [-0.2, 0) is 0 Å². The van der Waals surface area contributed by atoms with Gasteiger partial charge in [0.05, 0.1) is 0 Å². The van der Waals surface area contributed by atoms with Crippen LogP contribution in [0.25, 0.3) is 0 Å². The van der Waals surface area contributed by atoms with Crippen LogP contribution in [0.2, 0.25) is 0 Å². The summed E-state index contributed by atoms with van der Waals surface area (Å²) < 4.78 is 13.4. The van der Waals surface area contributed by atoms with Gasteiger partial charge in [0.1, 0.15) is 5.82 Å². The highest BCUT2D eigenvalue weighted by Crippen LogP contribution is 1.87. The third-order valence-electron chi connectivity index (χ3n) is 0.919. The summed E-state index contributed by atoms with van der Waals surface area (Å²) in [7, 11) is 0. The van der Waals surface area contributed by atoms with Crippen molar-refractivity contribution in [1.29, 1.82) is 0 Å². The summed E-state index contributed by atoms with van der Waals surface area (Å²) in [5, 5.41) is 0. The Bertz CT molecular complexity index is 249. The van der Waals surface area contributed by atoms with Crippen molar-refractivity contribution in [3.8, 4) is 12.5 Å². The first kappa shape index (κ1) is 6.56. The van der Waals surface area contributed by atoms with Crippen LogP contribution in [0.5, 0.6) is 0 Å². The molecule has 50 valence electrons. The molecule has 1 heterocycles. The SMILES string of the molecule is C#CO[n+]1ccc(F)cc1. The lowest BCUT2D eigenvalue weighted by Gasteiger charge is -1.85. The molecular formula is C7H5FNO+. The smallest absolute Gasteiger partial charge is 0.207 e. The number of hydrogen-bond acceptors (Lipinski definition) is 1. The fraction of sp³-hybridized carbons (Fsp3) is 0. The molecule has 0 amide bonds. The average molecular weight is 138 g/mol. The Kier molecular flexibility index (Phi) is 1.86. The highest BCUT2D eigenvalue weighted by Gasteiger charge is 1.97. The number of rotatable bonds is 1. The minimum Gasteiger partial charge on any atom is -0.207 e. The largest absolute Gasteiger partial charge is 0.227 e. The van der Waals surface area contributed by atoms with Crippen LogP contribution < -0.4 is 9.57 Å². The fourth-order valence-corrected chi connectivity index (χ4v) is 0.516. The Balaban J connectivity index is 2.81. The van der Waals surface area contributed by atoms with E-state index in [1.165, 1.54) is 29.3 Å². The van der Waals surface area contributed by atoms with Crippen LogP contribution >= 0.6 is 0 Å². The van der Waals surface area contributed by atoms with Gasteiger partial charge in [-0.2, -0.15) is 4.84 Å². The monoisotopic (exact) mass is 138 g/mol. The minimum absolute atomic E-state index is 0.322. The maximum Gasteiger partial charge on any atom is 0.227 e. The zero-order chi connectivity index (χ0) is 7.40. The van der Waals surface area contributed by atoms with E-state index in [-0.39, 0.29) is 5.82 Å². The maximum absolute atomic E-state index is 12.2. The summed E-state index contributed by atoms with van der Waals surface area (Å²) in [5.74, 6) is -0.322. The lowest BCUT2D eigenvalue weighted by atomic mass is 10.5. The second-order valence-electron chi connectivity index (χ2n) is 1.59. The standard InChI is InChI=1S/C7H5FNO/c1-2-10-9-5-3-7(8)4-6-9/h1,3-6H/q+1. The molecule has 1 aromatic heterocycles. The molecule has 0 saturated carbocycles. The van der Waals surface area contributed by atoms with E-state index in [1.807, 2.05) is 6.11 Å². The number of pyridine rings is 1. The molecule has 0 spiro atoms. The summed E-state index contributed by atoms with van der Waals surface area (Å²) in [6.07, 6.45) is 9.52. The normalized spacial score (nSPS) is 8.40. The van der Waals surface area contributed by atoms with E-state index in [1.54, 1.807) is 0 Å². The van der Waals surface area contributed by atoms with Gasteiger partial charge in [-0.25, -0.2) is 4.39 Å². The summed E-state index contributed by atoms with van der Waals surface area (Å²) in [6, 6.07) is 2.49. The zero-order valence-corrected chi connectivity index (χ0v) is 5.12. The molecule has 0 N–H and O–H groups in total. The van der Waals surface area contributed by atoms with Crippen molar-refractivity contribution in [3.63, 3.8) is 0 Å². The first-order valence-corrected chi connectivity index (χ1v) is 2.62. The first-order chi connectivity index (χ1) is 4.83.